The summed E-state index contributed by atoms with van der Waals surface area (Å²) in [5.74, 6) is -0.842. The van der Waals surface area contributed by atoms with Gasteiger partial charge in [-0.15, -0.1) is 13.2 Å². The summed E-state index contributed by atoms with van der Waals surface area (Å²) < 4.78 is 41.0. The molecule has 2 aromatic rings. The number of benzene rings is 1. The lowest BCUT2D eigenvalue weighted by molar-refractivity contribution is -0.274. The summed E-state index contributed by atoms with van der Waals surface area (Å²) in [5, 5.41) is 0. The molecule has 1 aromatic heterocycles. The summed E-state index contributed by atoms with van der Waals surface area (Å²) in [6, 6.07) is 6.82. The van der Waals surface area contributed by atoms with Gasteiger partial charge >= 0.3 is 6.36 Å². The lowest BCUT2D eigenvalue weighted by Gasteiger charge is -2.11. The minimum Gasteiger partial charge on any atom is -0.404 e. The van der Waals surface area contributed by atoms with Crippen molar-refractivity contribution in [2.75, 3.05) is 5.73 Å². The molecule has 0 spiro atoms. The average molecular weight is 375 g/mol. The van der Waals surface area contributed by atoms with Gasteiger partial charge in [0.05, 0.1) is 12.1 Å². The van der Waals surface area contributed by atoms with Crippen molar-refractivity contribution in [2.45, 2.75) is 12.8 Å². The van der Waals surface area contributed by atoms with E-state index in [9.17, 15) is 18.0 Å². The first kappa shape index (κ1) is 16.3. The van der Waals surface area contributed by atoms with Gasteiger partial charge in [0.25, 0.3) is 0 Å². The number of nitrogen functional groups attached to an aromatic ring is 1. The van der Waals surface area contributed by atoms with Gasteiger partial charge in [0.2, 0.25) is 0 Å². The second-order valence-electron chi connectivity index (χ2n) is 4.37. The highest BCUT2D eigenvalue weighted by Crippen LogP contribution is 2.29. The summed E-state index contributed by atoms with van der Waals surface area (Å²) >= 11 is 3.23. The molecule has 0 atom stereocenters. The summed E-state index contributed by atoms with van der Waals surface area (Å²) in [7, 11) is 0. The Morgan fingerprint density at radius 2 is 2.00 bits per heavy atom. The largest absolute Gasteiger partial charge is 0.573 e. The normalized spacial score (nSPS) is 11.3. The summed E-state index contributed by atoms with van der Waals surface area (Å²) in [5.41, 5.74) is 5.96. The predicted octanol–water partition coefficient (Wildman–Crippen LogP) is 3.75. The number of hydrogen-bond acceptors (Lipinski definition) is 4. The second-order valence-corrected chi connectivity index (χ2v) is 5.28. The highest BCUT2D eigenvalue weighted by Gasteiger charge is 2.32. The van der Waals surface area contributed by atoms with Crippen molar-refractivity contribution in [1.29, 1.82) is 0 Å². The van der Waals surface area contributed by atoms with Gasteiger partial charge in [-0.2, -0.15) is 0 Å². The number of anilines is 1. The molecule has 116 valence electrons. The third-order valence-corrected chi connectivity index (χ3v) is 3.16. The first-order valence-electron chi connectivity index (χ1n) is 6.03. The number of aromatic nitrogens is 1. The van der Waals surface area contributed by atoms with E-state index in [-0.39, 0.29) is 23.5 Å². The van der Waals surface area contributed by atoms with E-state index in [1.807, 2.05) is 0 Å². The summed E-state index contributed by atoms with van der Waals surface area (Å²) in [6.45, 7) is 0. The lowest BCUT2D eigenvalue weighted by Crippen LogP contribution is -2.18. The molecule has 0 amide bonds. The Hall–Kier alpha value is -2.09. The van der Waals surface area contributed by atoms with Gasteiger partial charge in [-0.3, -0.25) is 9.78 Å². The van der Waals surface area contributed by atoms with Crippen molar-refractivity contribution in [1.82, 2.24) is 4.98 Å². The molecule has 0 bridgehead atoms. The van der Waals surface area contributed by atoms with Crippen molar-refractivity contribution in [2.24, 2.45) is 0 Å². The number of halogens is 4. The van der Waals surface area contributed by atoms with Crippen LogP contribution < -0.4 is 10.5 Å². The fourth-order valence-corrected chi connectivity index (χ4v) is 1.95. The van der Waals surface area contributed by atoms with Gasteiger partial charge in [-0.05, 0) is 46.3 Å². The number of rotatable bonds is 4. The zero-order valence-electron chi connectivity index (χ0n) is 11.0. The van der Waals surface area contributed by atoms with Crippen LogP contribution in [0.4, 0.5) is 18.9 Å². The van der Waals surface area contributed by atoms with Crippen LogP contribution in [-0.2, 0) is 6.42 Å². The molecule has 0 radical (unpaired) electrons. The van der Waals surface area contributed by atoms with Crippen LogP contribution in [0.15, 0.2) is 41.0 Å². The van der Waals surface area contributed by atoms with E-state index >= 15 is 0 Å². The number of nitrogens with zero attached hydrogens (tertiary/aromatic N) is 1. The Balaban J connectivity index is 2.13. The Kier molecular flexibility index (Phi) is 4.70. The van der Waals surface area contributed by atoms with Gasteiger partial charge in [-0.1, -0.05) is 0 Å². The van der Waals surface area contributed by atoms with Gasteiger partial charge in [0, 0.05) is 21.9 Å². The average Bonchev–Trinajstić information content (AvgIpc) is 2.42. The Morgan fingerprint density at radius 3 is 2.55 bits per heavy atom. The van der Waals surface area contributed by atoms with Crippen LogP contribution in [0.2, 0.25) is 0 Å². The molecule has 2 rings (SSSR count). The molecule has 8 heteroatoms. The first-order valence-corrected chi connectivity index (χ1v) is 6.83. The number of nitrogens with two attached hydrogens (primary N) is 1. The molecule has 2 N–H and O–H groups in total. The van der Waals surface area contributed by atoms with Crippen LogP contribution in [0, 0.1) is 0 Å². The topological polar surface area (TPSA) is 65.2 Å². The molecule has 22 heavy (non-hydrogen) atoms. The van der Waals surface area contributed by atoms with Gasteiger partial charge in [0.15, 0.2) is 11.5 Å². The smallest absolute Gasteiger partial charge is 0.404 e. The fourth-order valence-electron chi connectivity index (χ4n) is 1.72. The van der Waals surface area contributed by atoms with E-state index in [0.29, 0.717) is 5.69 Å². The number of carbonyl (C=O) groups is 1. The van der Waals surface area contributed by atoms with Crippen LogP contribution in [0.3, 0.4) is 0 Å². The van der Waals surface area contributed by atoms with Crippen molar-refractivity contribution >= 4 is 27.4 Å². The SMILES string of the molecule is Nc1cc(C(=O)Cc2ccc(Br)cn2)ccc1OC(F)(F)F. The molecule has 0 unspecified atom stereocenters. The highest BCUT2D eigenvalue weighted by atomic mass is 79.9. The van der Waals surface area contributed by atoms with Gasteiger partial charge in [-0.25, -0.2) is 0 Å². The van der Waals surface area contributed by atoms with Gasteiger partial charge < -0.3 is 10.5 Å². The Labute approximate surface area is 132 Å². The van der Waals surface area contributed by atoms with Crippen LogP contribution in [-0.4, -0.2) is 17.1 Å². The molecular weight excluding hydrogens is 365 g/mol. The molecule has 1 aromatic carbocycles. The maximum atomic E-state index is 12.1. The maximum Gasteiger partial charge on any atom is 0.573 e. The monoisotopic (exact) mass is 374 g/mol. The second kappa shape index (κ2) is 6.35. The number of carbonyl (C=O) groups excluding carboxylic acids is 1. The molecule has 0 saturated carbocycles. The number of alkyl halides is 3. The molecule has 1 heterocycles. The third kappa shape index (κ3) is 4.45. The Bertz CT molecular complexity index is 687. The summed E-state index contributed by atoms with van der Waals surface area (Å²) in [6.07, 6.45) is -3.26. The van der Waals surface area contributed by atoms with Crippen LogP contribution in [0.1, 0.15) is 16.1 Å². The molecular formula is C14H10BrF3N2O2. The van der Waals surface area contributed by atoms with E-state index in [4.69, 9.17) is 5.73 Å². The lowest BCUT2D eigenvalue weighted by atomic mass is 10.1. The maximum absolute atomic E-state index is 12.1. The van der Waals surface area contributed by atoms with Crippen LogP contribution in [0.5, 0.6) is 5.75 Å². The van der Waals surface area contributed by atoms with E-state index in [0.717, 1.165) is 16.6 Å². The minimum absolute atomic E-state index is 0.0200. The van der Waals surface area contributed by atoms with E-state index < -0.39 is 12.1 Å². The van der Waals surface area contributed by atoms with Crippen molar-refractivity contribution in [3.05, 3.63) is 52.3 Å². The molecule has 0 fully saturated rings. The predicted molar refractivity (Wildman–Crippen MR) is 77.5 cm³/mol. The molecule has 0 aliphatic heterocycles. The summed E-state index contributed by atoms with van der Waals surface area (Å²) in [4.78, 5) is 16.1. The zero-order valence-corrected chi connectivity index (χ0v) is 12.6. The molecule has 4 nitrogen and oxygen atoms in total. The number of ether oxygens (including phenoxy) is 1. The zero-order chi connectivity index (χ0) is 16.3. The van der Waals surface area contributed by atoms with Crippen LogP contribution in [0.25, 0.3) is 0 Å². The number of hydrogen-bond donors (Lipinski definition) is 1. The standard InChI is InChI=1S/C14H10BrF3N2O2/c15-9-2-3-10(20-7-9)6-12(21)8-1-4-13(11(19)5-8)22-14(16,17)18/h1-5,7H,6,19H2. The van der Waals surface area contributed by atoms with E-state index in [1.165, 1.54) is 6.07 Å². The van der Waals surface area contributed by atoms with Crippen molar-refractivity contribution in [3.8, 4) is 5.75 Å². The third-order valence-electron chi connectivity index (χ3n) is 2.69. The van der Waals surface area contributed by atoms with Crippen molar-refractivity contribution < 1.29 is 22.7 Å². The number of pyridine rings is 1. The van der Waals surface area contributed by atoms with Crippen molar-refractivity contribution in [3.63, 3.8) is 0 Å². The quantitative estimate of drug-likeness (QED) is 0.653. The minimum atomic E-state index is -4.83. The highest BCUT2D eigenvalue weighted by molar-refractivity contribution is 9.10. The van der Waals surface area contributed by atoms with Gasteiger partial charge in [0.1, 0.15) is 0 Å². The fraction of sp³-hybridized carbons (Fsp3) is 0.143. The van der Waals surface area contributed by atoms with Crippen LogP contribution >= 0.6 is 15.9 Å². The number of ketones is 1. The molecule has 0 aliphatic carbocycles. The Morgan fingerprint density at radius 1 is 1.27 bits per heavy atom. The molecule has 0 aliphatic rings. The first-order chi connectivity index (χ1) is 10.2. The van der Waals surface area contributed by atoms with E-state index in [1.54, 1.807) is 18.3 Å². The number of Topliss-reactive ketones (excluding diaryl/α,β-unsaturated/α-hetero) is 1. The van der Waals surface area contributed by atoms with E-state index in [2.05, 4.69) is 25.7 Å². The molecule has 0 saturated heterocycles.